The highest BCUT2D eigenvalue weighted by molar-refractivity contribution is 6.11. The van der Waals surface area contributed by atoms with Crippen molar-refractivity contribution in [1.82, 2.24) is 0 Å². The molecule has 128 valence electrons. The van der Waals surface area contributed by atoms with E-state index in [1.54, 1.807) is 37.3 Å². The highest BCUT2D eigenvalue weighted by Crippen LogP contribution is 2.35. The Hall–Kier alpha value is -2.93. The molecule has 24 heavy (non-hydrogen) atoms. The largest absolute Gasteiger partial charge is 0.493 e. The van der Waals surface area contributed by atoms with Gasteiger partial charge in [0.2, 0.25) is 0 Å². The van der Waals surface area contributed by atoms with Gasteiger partial charge in [-0.05, 0) is 6.92 Å². The minimum absolute atomic E-state index is 0.0381. The number of carbonyl (C=O) groups excluding carboxylic acids is 1. The minimum Gasteiger partial charge on any atom is -0.493 e. The summed E-state index contributed by atoms with van der Waals surface area (Å²) in [6, 6.07) is 10.9. The number of aliphatic hydroxyl groups is 1. The van der Waals surface area contributed by atoms with E-state index >= 15 is 0 Å². The van der Waals surface area contributed by atoms with Gasteiger partial charge in [-0.15, -0.1) is 0 Å². The molecule has 0 aliphatic carbocycles. The summed E-state index contributed by atoms with van der Waals surface area (Å²) in [7, 11) is 2.78. The van der Waals surface area contributed by atoms with Crippen molar-refractivity contribution in [3.05, 3.63) is 63.7 Å². The molecule has 0 unspecified atom stereocenters. The van der Waals surface area contributed by atoms with Gasteiger partial charge in [0.15, 0.2) is 17.3 Å². The molecular formula is C17H19NO6. The predicted octanol–water partition coefficient (Wildman–Crippen LogP) is 2.84. The second-order valence-corrected chi connectivity index (χ2v) is 4.49. The van der Waals surface area contributed by atoms with Gasteiger partial charge in [-0.3, -0.25) is 14.9 Å². The Morgan fingerprint density at radius 3 is 2.08 bits per heavy atom. The predicted molar refractivity (Wildman–Crippen MR) is 88.8 cm³/mol. The zero-order valence-electron chi connectivity index (χ0n) is 13.7. The number of hydrogen-bond acceptors (Lipinski definition) is 6. The van der Waals surface area contributed by atoms with E-state index in [1.807, 2.05) is 0 Å². The number of nitro groups is 1. The van der Waals surface area contributed by atoms with Crippen molar-refractivity contribution in [3.63, 3.8) is 0 Å². The Balaban J connectivity index is 0.000000891. The summed E-state index contributed by atoms with van der Waals surface area (Å²) < 4.78 is 10.1. The van der Waals surface area contributed by atoms with Gasteiger partial charge in [0.1, 0.15) is 5.56 Å². The summed E-state index contributed by atoms with van der Waals surface area (Å²) in [5.74, 6) is 0.0273. The van der Waals surface area contributed by atoms with Gasteiger partial charge in [0, 0.05) is 18.2 Å². The number of nitro benzene ring substituents is 1. The second kappa shape index (κ2) is 9.26. The monoisotopic (exact) mass is 333 g/mol. The van der Waals surface area contributed by atoms with Crippen LogP contribution in [0.1, 0.15) is 22.8 Å². The zero-order valence-corrected chi connectivity index (χ0v) is 13.7. The van der Waals surface area contributed by atoms with E-state index in [0.717, 1.165) is 0 Å². The van der Waals surface area contributed by atoms with Gasteiger partial charge in [-0.1, -0.05) is 30.3 Å². The third-order valence-corrected chi connectivity index (χ3v) is 2.98. The maximum Gasteiger partial charge on any atom is 0.284 e. The molecule has 2 aromatic rings. The Bertz CT molecular complexity index is 700. The summed E-state index contributed by atoms with van der Waals surface area (Å²) in [6.07, 6.45) is 0. The minimum atomic E-state index is -0.613. The number of ether oxygens (including phenoxy) is 2. The normalized spacial score (nSPS) is 9.50. The Kier molecular flexibility index (Phi) is 7.38. The average molecular weight is 333 g/mol. The molecule has 0 heterocycles. The Labute approximate surface area is 139 Å². The fourth-order valence-electron chi connectivity index (χ4n) is 1.95. The molecule has 0 saturated carbocycles. The lowest BCUT2D eigenvalue weighted by atomic mass is 10.0. The molecular weight excluding hydrogens is 314 g/mol. The van der Waals surface area contributed by atoms with Crippen molar-refractivity contribution in [1.29, 1.82) is 0 Å². The molecule has 0 bridgehead atoms. The van der Waals surface area contributed by atoms with Crippen LogP contribution < -0.4 is 9.47 Å². The zero-order chi connectivity index (χ0) is 18.1. The van der Waals surface area contributed by atoms with Crippen molar-refractivity contribution < 1.29 is 24.3 Å². The first-order chi connectivity index (χ1) is 11.5. The van der Waals surface area contributed by atoms with Crippen LogP contribution >= 0.6 is 0 Å². The van der Waals surface area contributed by atoms with E-state index in [1.165, 1.54) is 26.4 Å². The van der Waals surface area contributed by atoms with Gasteiger partial charge in [-0.2, -0.15) is 0 Å². The van der Waals surface area contributed by atoms with Gasteiger partial charge >= 0.3 is 0 Å². The Morgan fingerprint density at radius 1 is 1.12 bits per heavy atom. The van der Waals surface area contributed by atoms with Crippen LogP contribution in [0.3, 0.4) is 0 Å². The molecule has 7 nitrogen and oxygen atoms in total. The lowest BCUT2D eigenvalue weighted by Gasteiger charge is -2.10. The van der Waals surface area contributed by atoms with Crippen LogP contribution in [0.15, 0.2) is 42.5 Å². The lowest BCUT2D eigenvalue weighted by Crippen LogP contribution is -2.06. The lowest BCUT2D eigenvalue weighted by molar-refractivity contribution is -0.385. The van der Waals surface area contributed by atoms with Gasteiger partial charge in [0.25, 0.3) is 5.69 Å². The van der Waals surface area contributed by atoms with Crippen LogP contribution in [0.25, 0.3) is 0 Å². The smallest absolute Gasteiger partial charge is 0.284 e. The van der Waals surface area contributed by atoms with Crippen LogP contribution in [-0.4, -0.2) is 36.6 Å². The molecule has 0 amide bonds. The summed E-state index contributed by atoms with van der Waals surface area (Å²) in [6.45, 7) is 1.93. The molecule has 0 fully saturated rings. The number of nitrogens with zero attached hydrogens (tertiary/aromatic N) is 1. The van der Waals surface area contributed by atoms with Crippen molar-refractivity contribution in [3.8, 4) is 11.5 Å². The van der Waals surface area contributed by atoms with Crippen molar-refractivity contribution >= 4 is 11.5 Å². The first kappa shape index (κ1) is 19.1. The fraction of sp³-hybridized carbons (Fsp3) is 0.235. The molecule has 0 aliphatic rings. The quantitative estimate of drug-likeness (QED) is 0.513. The van der Waals surface area contributed by atoms with Crippen LogP contribution in [-0.2, 0) is 0 Å². The van der Waals surface area contributed by atoms with E-state index in [4.69, 9.17) is 14.6 Å². The number of rotatable bonds is 5. The number of aliphatic hydroxyl groups excluding tert-OH is 1. The SMILES string of the molecule is CCO.COc1cc(C(=O)c2ccccc2)c([N+](=O)[O-])cc1OC. The standard InChI is InChI=1S/C15H13NO5.C2H6O/c1-20-13-8-11(12(16(18)19)9-14(13)21-2)15(17)10-6-4-3-5-7-10;1-2-3/h3-9H,1-2H3;3H,2H2,1H3. The molecule has 0 radical (unpaired) electrons. The second-order valence-electron chi connectivity index (χ2n) is 4.49. The van der Waals surface area contributed by atoms with Crippen LogP contribution in [0, 0.1) is 10.1 Å². The molecule has 0 aromatic heterocycles. The number of ketones is 1. The molecule has 2 rings (SSSR count). The maximum atomic E-state index is 12.4. The first-order valence-corrected chi connectivity index (χ1v) is 7.11. The topological polar surface area (TPSA) is 98.9 Å². The summed E-state index contributed by atoms with van der Waals surface area (Å²) in [5, 5.41) is 18.8. The van der Waals surface area contributed by atoms with E-state index in [0.29, 0.717) is 5.56 Å². The molecule has 0 atom stereocenters. The van der Waals surface area contributed by atoms with E-state index < -0.39 is 10.7 Å². The summed E-state index contributed by atoms with van der Waals surface area (Å²) in [5.41, 5.74) is 0.0122. The summed E-state index contributed by atoms with van der Waals surface area (Å²) in [4.78, 5) is 23.0. The highest BCUT2D eigenvalue weighted by Gasteiger charge is 2.25. The van der Waals surface area contributed by atoms with Gasteiger partial charge in [0.05, 0.1) is 25.2 Å². The van der Waals surface area contributed by atoms with E-state index in [9.17, 15) is 14.9 Å². The maximum absolute atomic E-state index is 12.4. The Morgan fingerprint density at radius 2 is 1.62 bits per heavy atom. The third-order valence-electron chi connectivity index (χ3n) is 2.98. The molecule has 0 aliphatic heterocycles. The van der Waals surface area contributed by atoms with Crippen molar-refractivity contribution in [2.45, 2.75) is 6.92 Å². The molecule has 2 aromatic carbocycles. The molecule has 1 N–H and O–H groups in total. The first-order valence-electron chi connectivity index (χ1n) is 7.11. The third kappa shape index (κ3) is 4.53. The molecule has 7 heteroatoms. The average Bonchev–Trinajstić information content (AvgIpc) is 2.61. The van der Waals surface area contributed by atoms with E-state index in [2.05, 4.69) is 0 Å². The number of hydrogen-bond donors (Lipinski definition) is 1. The van der Waals surface area contributed by atoms with E-state index in [-0.39, 0.29) is 29.4 Å². The number of carbonyl (C=O) groups is 1. The molecule has 0 spiro atoms. The highest BCUT2D eigenvalue weighted by atomic mass is 16.6. The van der Waals surface area contributed by atoms with Gasteiger partial charge in [-0.25, -0.2) is 0 Å². The fourth-order valence-corrected chi connectivity index (χ4v) is 1.95. The number of benzene rings is 2. The van der Waals surface area contributed by atoms with Gasteiger partial charge < -0.3 is 14.6 Å². The molecule has 0 saturated heterocycles. The van der Waals surface area contributed by atoms with Crippen molar-refractivity contribution in [2.75, 3.05) is 20.8 Å². The number of methoxy groups -OCH3 is 2. The van der Waals surface area contributed by atoms with Crippen LogP contribution in [0.2, 0.25) is 0 Å². The van der Waals surface area contributed by atoms with Crippen LogP contribution in [0.5, 0.6) is 11.5 Å². The summed E-state index contributed by atoms with van der Waals surface area (Å²) >= 11 is 0. The van der Waals surface area contributed by atoms with Crippen LogP contribution in [0.4, 0.5) is 5.69 Å². The van der Waals surface area contributed by atoms with Crippen molar-refractivity contribution in [2.24, 2.45) is 0 Å².